The van der Waals surface area contributed by atoms with E-state index >= 15 is 0 Å². The predicted molar refractivity (Wildman–Crippen MR) is 99.8 cm³/mol. The van der Waals surface area contributed by atoms with E-state index in [1.807, 2.05) is 10.8 Å². The van der Waals surface area contributed by atoms with Gasteiger partial charge in [0.15, 0.2) is 9.84 Å². The van der Waals surface area contributed by atoms with Crippen LogP contribution in [0.25, 0.3) is 10.6 Å². The Labute approximate surface area is 157 Å². The summed E-state index contributed by atoms with van der Waals surface area (Å²) in [4.78, 5) is 4.62. The molecule has 6 nitrogen and oxygen atoms in total. The Morgan fingerprint density at radius 1 is 1.32 bits per heavy atom. The van der Waals surface area contributed by atoms with Gasteiger partial charge in [0, 0.05) is 28.5 Å². The Morgan fingerprint density at radius 2 is 2.24 bits per heavy atom. The van der Waals surface area contributed by atoms with Crippen LogP contribution in [-0.4, -0.2) is 35.1 Å². The highest BCUT2D eigenvalue weighted by Gasteiger charge is 2.29. The van der Waals surface area contributed by atoms with Gasteiger partial charge in [-0.1, -0.05) is 11.8 Å². The Balaban J connectivity index is 1.33. The minimum absolute atomic E-state index is 0.0926. The number of sulfone groups is 1. The lowest BCUT2D eigenvalue weighted by Crippen LogP contribution is -2.07. The molecule has 0 saturated carbocycles. The van der Waals surface area contributed by atoms with Crippen LogP contribution in [-0.2, 0) is 22.0 Å². The summed E-state index contributed by atoms with van der Waals surface area (Å²) in [6, 6.07) is 2.06. The van der Waals surface area contributed by atoms with Gasteiger partial charge in [-0.05, 0) is 23.8 Å². The lowest BCUT2D eigenvalue weighted by molar-refractivity contribution is 0.389. The van der Waals surface area contributed by atoms with Crippen LogP contribution >= 0.6 is 34.4 Å². The average molecular weight is 414 g/mol. The largest absolute Gasteiger partial charge is 0.416 e. The first kappa shape index (κ1) is 17.2. The Bertz CT molecular complexity index is 947. The quantitative estimate of drug-likeness (QED) is 0.571. The number of thiazole rings is 1. The molecule has 1 aliphatic rings. The van der Waals surface area contributed by atoms with E-state index in [-0.39, 0.29) is 17.4 Å². The Hall–Kier alpha value is -1.23. The maximum Gasteiger partial charge on any atom is 0.276 e. The van der Waals surface area contributed by atoms with E-state index in [4.69, 9.17) is 4.42 Å². The molecule has 4 rings (SSSR count). The molecule has 132 valence electrons. The molecule has 0 amide bonds. The fraction of sp³-hybridized carbons (Fsp3) is 0.400. The summed E-state index contributed by atoms with van der Waals surface area (Å²) >= 11 is 4.74. The highest BCUT2D eigenvalue weighted by Crippen LogP contribution is 2.29. The van der Waals surface area contributed by atoms with Gasteiger partial charge in [0.2, 0.25) is 5.89 Å². The second kappa shape index (κ2) is 7.18. The number of hydrogen-bond acceptors (Lipinski definition) is 9. The topological polar surface area (TPSA) is 86.0 Å². The first-order valence-electron chi connectivity index (χ1n) is 7.70. The molecule has 1 saturated heterocycles. The number of thiophene rings is 1. The van der Waals surface area contributed by atoms with Crippen LogP contribution in [0, 0.1) is 5.92 Å². The molecule has 1 aliphatic heterocycles. The van der Waals surface area contributed by atoms with Crippen molar-refractivity contribution in [3.63, 3.8) is 0 Å². The van der Waals surface area contributed by atoms with E-state index in [0.717, 1.165) is 16.3 Å². The van der Waals surface area contributed by atoms with Crippen molar-refractivity contribution < 1.29 is 12.8 Å². The van der Waals surface area contributed by atoms with Crippen molar-refractivity contribution >= 4 is 44.3 Å². The molecule has 3 aromatic rings. The number of hydrogen-bond donors (Lipinski definition) is 0. The third-order valence-corrected chi connectivity index (χ3v) is 8.21. The molecule has 1 unspecified atom stereocenters. The van der Waals surface area contributed by atoms with Crippen LogP contribution in [0.4, 0.5) is 0 Å². The molecule has 0 aliphatic carbocycles. The molecule has 4 heterocycles. The molecule has 10 heteroatoms. The van der Waals surface area contributed by atoms with Crippen molar-refractivity contribution in [2.45, 2.75) is 23.8 Å². The second-order valence-corrected chi connectivity index (χ2v) is 10.7. The number of nitrogens with zero attached hydrogens (tertiary/aromatic N) is 3. The molecule has 0 spiro atoms. The summed E-state index contributed by atoms with van der Waals surface area (Å²) < 4.78 is 28.7. The maximum atomic E-state index is 11.5. The highest BCUT2D eigenvalue weighted by atomic mass is 32.2. The van der Waals surface area contributed by atoms with Crippen molar-refractivity contribution in [1.82, 2.24) is 15.2 Å². The molecular formula is C15H15N3O3S4. The van der Waals surface area contributed by atoms with Gasteiger partial charge in [0.25, 0.3) is 5.22 Å². The molecule has 0 aromatic carbocycles. The van der Waals surface area contributed by atoms with Gasteiger partial charge < -0.3 is 4.42 Å². The van der Waals surface area contributed by atoms with Crippen LogP contribution in [0.1, 0.15) is 18.0 Å². The normalized spacial score (nSPS) is 19.4. The minimum Gasteiger partial charge on any atom is -0.416 e. The molecular weight excluding hydrogens is 398 g/mol. The smallest absolute Gasteiger partial charge is 0.276 e. The first-order chi connectivity index (χ1) is 12.1. The van der Waals surface area contributed by atoms with Crippen molar-refractivity contribution in [2.24, 2.45) is 5.92 Å². The van der Waals surface area contributed by atoms with Crippen LogP contribution in [0.15, 0.2) is 31.8 Å². The van der Waals surface area contributed by atoms with E-state index in [9.17, 15) is 8.42 Å². The highest BCUT2D eigenvalue weighted by molar-refractivity contribution is 7.98. The lowest BCUT2D eigenvalue weighted by Gasteiger charge is -2.01. The van der Waals surface area contributed by atoms with Crippen molar-refractivity contribution in [3.8, 4) is 10.6 Å². The van der Waals surface area contributed by atoms with Gasteiger partial charge in [0.1, 0.15) is 5.01 Å². The molecule has 1 atom stereocenters. The van der Waals surface area contributed by atoms with E-state index < -0.39 is 9.84 Å². The van der Waals surface area contributed by atoms with Crippen LogP contribution in [0.5, 0.6) is 0 Å². The van der Waals surface area contributed by atoms with Crippen molar-refractivity contribution in [3.05, 3.63) is 33.8 Å². The van der Waals surface area contributed by atoms with Crippen molar-refractivity contribution in [1.29, 1.82) is 0 Å². The third-order valence-electron chi connectivity index (χ3n) is 3.90. The standard InChI is InChI=1S/C15H15N3O3S4/c19-25(20)4-2-10(9-25)5-13-17-18-15(21-13)24-8-12-7-23-14(16-12)11-1-3-22-6-11/h1,3,6-7,10H,2,4-5,8-9H2. The monoisotopic (exact) mass is 413 g/mol. The fourth-order valence-electron chi connectivity index (χ4n) is 2.69. The molecule has 25 heavy (non-hydrogen) atoms. The molecule has 1 fully saturated rings. The van der Waals surface area contributed by atoms with Gasteiger partial charge in [0.05, 0.1) is 17.2 Å². The fourth-order valence-corrected chi connectivity index (χ4v) is 6.86. The van der Waals surface area contributed by atoms with Crippen LogP contribution in [0.3, 0.4) is 0 Å². The zero-order valence-corrected chi connectivity index (χ0v) is 16.4. The van der Waals surface area contributed by atoms with Gasteiger partial charge in [-0.2, -0.15) is 11.3 Å². The summed E-state index contributed by atoms with van der Waals surface area (Å²) in [7, 11) is -2.87. The maximum absolute atomic E-state index is 11.5. The summed E-state index contributed by atoms with van der Waals surface area (Å²) in [5.41, 5.74) is 2.13. The summed E-state index contributed by atoms with van der Waals surface area (Å²) in [6.45, 7) is 0. The van der Waals surface area contributed by atoms with Gasteiger partial charge in [-0.25, -0.2) is 13.4 Å². The third kappa shape index (κ3) is 4.30. The Morgan fingerprint density at radius 3 is 3.00 bits per heavy atom. The van der Waals surface area contributed by atoms with E-state index in [0.29, 0.717) is 29.7 Å². The summed E-state index contributed by atoms with van der Waals surface area (Å²) in [5.74, 6) is 1.77. The summed E-state index contributed by atoms with van der Waals surface area (Å²) in [6.07, 6.45) is 1.21. The van der Waals surface area contributed by atoms with E-state index in [1.54, 1.807) is 22.7 Å². The number of thioether (sulfide) groups is 1. The van der Waals surface area contributed by atoms with Crippen LogP contribution < -0.4 is 0 Å². The predicted octanol–water partition coefficient (Wildman–Crippen LogP) is 3.52. The lowest BCUT2D eigenvalue weighted by atomic mass is 10.1. The minimum atomic E-state index is -2.87. The van der Waals surface area contributed by atoms with Gasteiger partial charge >= 0.3 is 0 Å². The zero-order valence-electron chi connectivity index (χ0n) is 13.1. The van der Waals surface area contributed by atoms with Crippen molar-refractivity contribution in [2.75, 3.05) is 11.5 Å². The van der Waals surface area contributed by atoms with Crippen LogP contribution in [0.2, 0.25) is 0 Å². The summed E-state index contributed by atoms with van der Waals surface area (Å²) in [5, 5.41) is 15.8. The van der Waals surface area contributed by atoms with Gasteiger partial charge in [-0.3, -0.25) is 0 Å². The number of aromatic nitrogens is 3. The molecule has 0 bridgehead atoms. The van der Waals surface area contributed by atoms with Gasteiger partial charge in [-0.15, -0.1) is 21.5 Å². The van der Waals surface area contributed by atoms with E-state index in [1.165, 1.54) is 11.8 Å². The molecule has 0 radical (unpaired) electrons. The molecule has 3 aromatic heterocycles. The number of rotatable bonds is 6. The SMILES string of the molecule is O=S1(=O)CCC(Cc2nnc(SCc3csc(-c4ccsc4)n3)o2)C1. The first-order valence-corrected chi connectivity index (χ1v) is 12.3. The van der Waals surface area contributed by atoms with E-state index in [2.05, 4.69) is 26.6 Å². The molecule has 0 N–H and O–H groups in total. The second-order valence-electron chi connectivity index (χ2n) is 5.88. The average Bonchev–Trinajstić information content (AvgIpc) is 3.32. The Kier molecular flexibility index (Phi) is 4.94. The zero-order chi connectivity index (χ0) is 17.3.